The van der Waals surface area contributed by atoms with Crippen LogP contribution in [0.15, 0.2) is 0 Å². The predicted octanol–water partition coefficient (Wildman–Crippen LogP) is 1.60. The number of nitrogens with one attached hydrogen (secondary N) is 2. The molecule has 1 fully saturated rings. The van der Waals surface area contributed by atoms with Crippen molar-refractivity contribution in [2.24, 2.45) is 11.3 Å². The molecule has 3 N–H and O–H groups in total. The topological polar surface area (TPSA) is 87.7 Å². The average Bonchev–Trinajstić information content (AvgIpc) is 2.36. The molecule has 6 heteroatoms. The fourth-order valence-electron chi connectivity index (χ4n) is 2.24. The Morgan fingerprint density at radius 1 is 1.30 bits per heavy atom. The molecule has 6 nitrogen and oxygen atoms in total. The molecule has 0 spiro atoms. The summed E-state index contributed by atoms with van der Waals surface area (Å²) in [4.78, 5) is 22.9. The zero-order valence-electron chi connectivity index (χ0n) is 12.6. The largest absolute Gasteiger partial charge is 0.480 e. The van der Waals surface area contributed by atoms with Crippen LogP contribution in [-0.4, -0.2) is 42.9 Å². The minimum atomic E-state index is -0.994. The highest BCUT2D eigenvalue weighted by Crippen LogP contribution is 2.28. The van der Waals surface area contributed by atoms with Crippen molar-refractivity contribution < 1.29 is 19.4 Å². The maximum absolute atomic E-state index is 11.8. The van der Waals surface area contributed by atoms with E-state index in [2.05, 4.69) is 17.6 Å². The molecule has 0 unspecified atom stereocenters. The summed E-state index contributed by atoms with van der Waals surface area (Å²) in [7, 11) is 0. The molecule has 0 radical (unpaired) electrons. The normalized spacial score (nSPS) is 19.4. The molecule has 0 bridgehead atoms. The molecule has 1 heterocycles. The first-order valence-electron chi connectivity index (χ1n) is 7.17. The highest BCUT2D eigenvalue weighted by Gasteiger charge is 2.28. The minimum absolute atomic E-state index is 0.0341. The molecule has 2 amide bonds. The van der Waals surface area contributed by atoms with E-state index in [9.17, 15) is 9.59 Å². The predicted molar refractivity (Wildman–Crippen MR) is 75.6 cm³/mol. The van der Waals surface area contributed by atoms with Crippen LogP contribution >= 0.6 is 0 Å². The molecule has 1 saturated heterocycles. The van der Waals surface area contributed by atoms with Crippen LogP contribution in [0.2, 0.25) is 0 Å². The summed E-state index contributed by atoms with van der Waals surface area (Å²) in [5, 5.41) is 14.4. The summed E-state index contributed by atoms with van der Waals surface area (Å²) in [6.07, 6.45) is 2.23. The number of carboxylic acid groups (broad SMARTS) is 1. The van der Waals surface area contributed by atoms with E-state index in [4.69, 9.17) is 9.84 Å². The Hall–Kier alpha value is -1.30. The summed E-state index contributed by atoms with van der Waals surface area (Å²) in [6, 6.07) is -1.25. The minimum Gasteiger partial charge on any atom is -0.480 e. The van der Waals surface area contributed by atoms with Crippen LogP contribution in [0.3, 0.4) is 0 Å². The van der Waals surface area contributed by atoms with E-state index in [1.165, 1.54) is 0 Å². The second kappa shape index (κ2) is 7.47. The Labute approximate surface area is 120 Å². The number of rotatable bonds is 6. The van der Waals surface area contributed by atoms with Gasteiger partial charge in [0.15, 0.2) is 0 Å². The van der Waals surface area contributed by atoms with Gasteiger partial charge in [-0.3, -0.25) is 0 Å². The van der Waals surface area contributed by atoms with Crippen molar-refractivity contribution in [3.05, 3.63) is 0 Å². The van der Waals surface area contributed by atoms with E-state index in [0.717, 1.165) is 12.8 Å². The SMILES string of the molecule is CC(C)C[C@@H](NC(=O)NCC1(C)CCOCC1)C(=O)O. The van der Waals surface area contributed by atoms with Gasteiger partial charge in [0, 0.05) is 19.8 Å². The van der Waals surface area contributed by atoms with Gasteiger partial charge >= 0.3 is 12.0 Å². The maximum Gasteiger partial charge on any atom is 0.326 e. The average molecular weight is 286 g/mol. The molecule has 0 aromatic rings. The lowest BCUT2D eigenvalue weighted by atomic mass is 9.82. The van der Waals surface area contributed by atoms with Crippen LogP contribution in [0.5, 0.6) is 0 Å². The van der Waals surface area contributed by atoms with Gasteiger partial charge < -0.3 is 20.5 Å². The Bertz CT molecular complexity index is 338. The highest BCUT2D eigenvalue weighted by atomic mass is 16.5. The summed E-state index contributed by atoms with van der Waals surface area (Å²) in [5.41, 5.74) is 0.0341. The summed E-state index contributed by atoms with van der Waals surface area (Å²) in [5.74, 6) is -0.782. The first-order chi connectivity index (χ1) is 9.32. The molecule has 116 valence electrons. The van der Waals surface area contributed by atoms with Gasteiger partial charge in [0.1, 0.15) is 6.04 Å². The smallest absolute Gasteiger partial charge is 0.326 e. The molecule has 20 heavy (non-hydrogen) atoms. The van der Waals surface area contributed by atoms with Gasteiger partial charge in [0.25, 0.3) is 0 Å². The number of aliphatic carboxylic acids is 1. The van der Waals surface area contributed by atoms with Crippen LogP contribution in [0.4, 0.5) is 4.79 Å². The van der Waals surface area contributed by atoms with E-state index < -0.39 is 18.0 Å². The van der Waals surface area contributed by atoms with Gasteiger partial charge in [-0.05, 0) is 30.6 Å². The molecule has 0 aromatic heterocycles. The van der Waals surface area contributed by atoms with Crippen molar-refractivity contribution in [2.45, 2.75) is 46.1 Å². The van der Waals surface area contributed by atoms with E-state index in [-0.39, 0.29) is 11.3 Å². The number of amides is 2. The number of carbonyl (C=O) groups excluding carboxylic acids is 1. The van der Waals surface area contributed by atoms with Crippen LogP contribution in [0.1, 0.15) is 40.0 Å². The lowest BCUT2D eigenvalue weighted by Crippen LogP contribution is -2.49. The van der Waals surface area contributed by atoms with Crippen LogP contribution in [-0.2, 0) is 9.53 Å². The van der Waals surface area contributed by atoms with Gasteiger partial charge in [0.2, 0.25) is 0 Å². The van der Waals surface area contributed by atoms with Crippen molar-refractivity contribution in [1.29, 1.82) is 0 Å². The number of urea groups is 1. The number of hydrogen-bond acceptors (Lipinski definition) is 3. The summed E-state index contributed by atoms with van der Waals surface area (Å²) < 4.78 is 5.31. The van der Waals surface area contributed by atoms with Crippen molar-refractivity contribution in [1.82, 2.24) is 10.6 Å². The third-order valence-corrected chi connectivity index (χ3v) is 3.69. The van der Waals surface area contributed by atoms with Crippen molar-refractivity contribution in [3.8, 4) is 0 Å². The van der Waals surface area contributed by atoms with Gasteiger partial charge in [-0.15, -0.1) is 0 Å². The Kier molecular flexibility index (Phi) is 6.26. The molecule has 0 saturated carbocycles. The van der Waals surface area contributed by atoms with Gasteiger partial charge in [-0.2, -0.15) is 0 Å². The third kappa shape index (κ3) is 5.77. The molecular formula is C14H26N2O4. The maximum atomic E-state index is 11.8. The standard InChI is InChI=1S/C14H26N2O4/c1-10(2)8-11(12(17)18)16-13(19)15-9-14(3)4-6-20-7-5-14/h10-11H,4-9H2,1-3H3,(H,17,18)(H2,15,16,19)/t11-/m1/s1. The van der Waals surface area contributed by atoms with E-state index in [0.29, 0.717) is 26.2 Å². The first kappa shape index (κ1) is 16.8. The second-order valence-corrected chi connectivity index (χ2v) is 6.27. The fraction of sp³-hybridized carbons (Fsp3) is 0.857. The Balaban J connectivity index is 2.39. The van der Waals surface area contributed by atoms with Crippen molar-refractivity contribution >= 4 is 12.0 Å². The summed E-state index contributed by atoms with van der Waals surface area (Å²) in [6.45, 7) is 7.93. The Morgan fingerprint density at radius 3 is 2.40 bits per heavy atom. The van der Waals surface area contributed by atoms with Crippen LogP contribution in [0.25, 0.3) is 0 Å². The summed E-state index contributed by atoms with van der Waals surface area (Å²) >= 11 is 0. The molecule has 1 aliphatic rings. The number of hydrogen-bond donors (Lipinski definition) is 3. The van der Waals surface area contributed by atoms with E-state index in [1.54, 1.807) is 0 Å². The van der Waals surface area contributed by atoms with Crippen molar-refractivity contribution in [3.63, 3.8) is 0 Å². The quantitative estimate of drug-likeness (QED) is 0.692. The monoisotopic (exact) mass is 286 g/mol. The van der Waals surface area contributed by atoms with Gasteiger partial charge in [-0.1, -0.05) is 20.8 Å². The number of carboxylic acids is 1. The van der Waals surface area contributed by atoms with E-state index in [1.807, 2.05) is 13.8 Å². The molecular weight excluding hydrogens is 260 g/mol. The Morgan fingerprint density at radius 2 is 1.90 bits per heavy atom. The van der Waals surface area contributed by atoms with E-state index >= 15 is 0 Å². The lowest BCUT2D eigenvalue weighted by Gasteiger charge is -2.33. The molecule has 1 atom stereocenters. The number of carbonyl (C=O) groups is 2. The first-order valence-corrected chi connectivity index (χ1v) is 7.17. The molecule has 1 rings (SSSR count). The highest BCUT2D eigenvalue weighted by molar-refractivity contribution is 5.82. The van der Waals surface area contributed by atoms with Crippen LogP contribution < -0.4 is 10.6 Å². The van der Waals surface area contributed by atoms with Crippen molar-refractivity contribution in [2.75, 3.05) is 19.8 Å². The third-order valence-electron chi connectivity index (χ3n) is 3.69. The zero-order valence-corrected chi connectivity index (χ0v) is 12.6. The van der Waals surface area contributed by atoms with Gasteiger partial charge in [0.05, 0.1) is 0 Å². The molecule has 1 aliphatic heterocycles. The van der Waals surface area contributed by atoms with Gasteiger partial charge in [-0.25, -0.2) is 9.59 Å². The lowest BCUT2D eigenvalue weighted by molar-refractivity contribution is -0.139. The zero-order chi connectivity index (χ0) is 15.2. The fourth-order valence-corrected chi connectivity index (χ4v) is 2.24. The number of ether oxygens (including phenoxy) is 1. The molecule has 0 aromatic carbocycles. The van der Waals surface area contributed by atoms with Crippen LogP contribution in [0, 0.1) is 11.3 Å². The second-order valence-electron chi connectivity index (χ2n) is 6.27. The molecule has 0 aliphatic carbocycles.